The van der Waals surface area contributed by atoms with E-state index in [0.29, 0.717) is 5.56 Å². The van der Waals surface area contributed by atoms with Crippen molar-refractivity contribution in [1.29, 1.82) is 0 Å². The summed E-state index contributed by atoms with van der Waals surface area (Å²) in [5, 5.41) is 3.57. The normalized spacial score (nSPS) is 13.1. The molecule has 0 bridgehead atoms. The van der Waals surface area contributed by atoms with Crippen molar-refractivity contribution >= 4 is 53.6 Å². The number of sulfone groups is 2. The van der Waals surface area contributed by atoms with E-state index in [2.05, 4.69) is 9.97 Å². The first-order valence-corrected chi connectivity index (χ1v) is 17.1. The molecular formula is C31H28N2O4S3. The van der Waals surface area contributed by atoms with Crippen LogP contribution in [0.1, 0.15) is 35.5 Å². The Hall–Kier alpha value is -3.66. The predicted molar refractivity (Wildman–Crippen MR) is 164 cm³/mol. The first-order valence-electron chi connectivity index (χ1n) is 12.5. The molecular weight excluding hydrogens is 561 g/mol. The van der Waals surface area contributed by atoms with E-state index in [1.54, 1.807) is 50.5 Å². The molecule has 0 saturated heterocycles. The van der Waals surface area contributed by atoms with Crippen LogP contribution in [0.5, 0.6) is 0 Å². The standard InChI is InChI=1S/C31H28N2O4S3/c1-31(2,40(4,36)37)25-19-24-9-6-14-32-29(24)27(20-25)23-8-5-7-21(17-23)18-28(30-33-15-16-38-30)22-10-12-26(13-11-22)39(3,34)35/h5-20H,1-4H3. The molecule has 0 atom stereocenters. The van der Waals surface area contributed by atoms with Gasteiger partial charge in [-0.15, -0.1) is 11.3 Å². The van der Waals surface area contributed by atoms with Gasteiger partial charge < -0.3 is 0 Å². The van der Waals surface area contributed by atoms with E-state index in [4.69, 9.17) is 0 Å². The van der Waals surface area contributed by atoms with Gasteiger partial charge in [0, 0.05) is 46.8 Å². The molecule has 3 aromatic carbocycles. The molecule has 0 aliphatic carbocycles. The third kappa shape index (κ3) is 5.50. The summed E-state index contributed by atoms with van der Waals surface area (Å²) in [5.41, 5.74) is 5.84. The molecule has 0 N–H and O–H groups in total. The second-order valence-electron chi connectivity index (χ2n) is 10.2. The molecule has 2 aromatic heterocycles. The minimum Gasteiger partial charge on any atom is -0.256 e. The average molecular weight is 589 g/mol. The summed E-state index contributed by atoms with van der Waals surface area (Å²) >= 11 is 1.50. The van der Waals surface area contributed by atoms with Crippen LogP contribution in [0, 0.1) is 0 Å². The summed E-state index contributed by atoms with van der Waals surface area (Å²) < 4.78 is 48.2. The van der Waals surface area contributed by atoms with Gasteiger partial charge in [0.15, 0.2) is 19.7 Å². The fourth-order valence-electron chi connectivity index (χ4n) is 4.44. The quantitative estimate of drug-likeness (QED) is 0.198. The average Bonchev–Trinajstić information content (AvgIpc) is 3.45. The van der Waals surface area contributed by atoms with E-state index < -0.39 is 24.4 Å². The minimum atomic E-state index is -3.39. The van der Waals surface area contributed by atoms with Gasteiger partial charge in [-0.3, -0.25) is 4.98 Å². The van der Waals surface area contributed by atoms with Crippen molar-refractivity contribution in [3.05, 3.63) is 112 Å². The summed E-state index contributed by atoms with van der Waals surface area (Å²) in [7, 11) is -6.70. The van der Waals surface area contributed by atoms with Crippen molar-refractivity contribution in [3.8, 4) is 11.1 Å². The number of hydrogen-bond donors (Lipinski definition) is 0. The maximum Gasteiger partial charge on any atom is 0.175 e. The molecule has 0 fully saturated rings. The number of aromatic nitrogens is 2. The zero-order chi connectivity index (χ0) is 28.7. The maximum atomic E-state index is 12.7. The van der Waals surface area contributed by atoms with Gasteiger partial charge in [-0.1, -0.05) is 36.4 Å². The van der Waals surface area contributed by atoms with E-state index >= 15 is 0 Å². The molecule has 204 valence electrons. The Morgan fingerprint density at radius 2 is 1.60 bits per heavy atom. The van der Waals surface area contributed by atoms with Crippen molar-refractivity contribution in [1.82, 2.24) is 9.97 Å². The van der Waals surface area contributed by atoms with Crippen LogP contribution in [0.4, 0.5) is 0 Å². The fraction of sp³-hybridized carbons (Fsp3) is 0.161. The predicted octanol–water partition coefficient (Wildman–Crippen LogP) is 6.63. The lowest BCUT2D eigenvalue weighted by Gasteiger charge is -2.24. The largest absolute Gasteiger partial charge is 0.256 e. The lowest BCUT2D eigenvalue weighted by Crippen LogP contribution is -2.28. The number of rotatable bonds is 7. The molecule has 9 heteroatoms. The van der Waals surface area contributed by atoms with Crippen LogP contribution in [-0.4, -0.2) is 39.3 Å². The third-order valence-corrected chi connectivity index (χ3v) is 11.1. The van der Waals surface area contributed by atoms with E-state index in [1.165, 1.54) is 23.8 Å². The van der Waals surface area contributed by atoms with Gasteiger partial charge in [-0.2, -0.15) is 0 Å². The van der Waals surface area contributed by atoms with E-state index in [-0.39, 0.29) is 4.90 Å². The molecule has 0 saturated carbocycles. The highest BCUT2D eigenvalue weighted by Crippen LogP contribution is 2.37. The zero-order valence-electron chi connectivity index (χ0n) is 22.5. The van der Waals surface area contributed by atoms with Crippen molar-refractivity contribution in [2.45, 2.75) is 23.5 Å². The second-order valence-corrected chi connectivity index (χ2v) is 15.7. The molecule has 40 heavy (non-hydrogen) atoms. The Kier molecular flexibility index (Phi) is 7.24. The first kappa shape index (κ1) is 27.9. The molecule has 2 heterocycles. The van der Waals surface area contributed by atoms with Gasteiger partial charge in [-0.05, 0) is 78.6 Å². The molecule has 0 aliphatic heterocycles. The summed E-state index contributed by atoms with van der Waals surface area (Å²) in [4.78, 5) is 9.39. The monoisotopic (exact) mass is 588 g/mol. The second kappa shape index (κ2) is 10.4. The Morgan fingerprint density at radius 3 is 2.25 bits per heavy atom. The highest BCUT2D eigenvalue weighted by atomic mass is 32.2. The molecule has 0 amide bonds. The van der Waals surface area contributed by atoms with Crippen LogP contribution in [-0.2, 0) is 24.4 Å². The van der Waals surface area contributed by atoms with E-state index in [1.807, 2.05) is 60.0 Å². The van der Waals surface area contributed by atoms with Gasteiger partial charge in [0.2, 0.25) is 0 Å². The van der Waals surface area contributed by atoms with Crippen LogP contribution < -0.4 is 0 Å². The fourth-order valence-corrected chi connectivity index (χ4v) is 6.30. The van der Waals surface area contributed by atoms with Gasteiger partial charge in [0.1, 0.15) is 5.01 Å². The number of nitrogens with zero attached hydrogens (tertiary/aromatic N) is 2. The van der Waals surface area contributed by atoms with Gasteiger partial charge >= 0.3 is 0 Å². The number of hydrogen-bond acceptors (Lipinski definition) is 7. The number of thiazole rings is 1. The molecule has 0 unspecified atom stereocenters. The lowest BCUT2D eigenvalue weighted by molar-refractivity contribution is 0.561. The maximum absolute atomic E-state index is 12.7. The van der Waals surface area contributed by atoms with Crippen LogP contribution in [0.25, 0.3) is 33.7 Å². The number of benzene rings is 3. The SMILES string of the molecule is CC(C)(c1cc(-c2cccc(C=C(c3ccc(S(C)(=O)=O)cc3)c3nccs3)c2)c2ncccc2c1)S(C)(=O)=O. The van der Waals surface area contributed by atoms with E-state index in [9.17, 15) is 16.8 Å². The highest BCUT2D eigenvalue weighted by molar-refractivity contribution is 7.91. The van der Waals surface area contributed by atoms with Gasteiger partial charge in [0.25, 0.3) is 0 Å². The summed E-state index contributed by atoms with van der Waals surface area (Å²) in [5.74, 6) is 0. The van der Waals surface area contributed by atoms with Gasteiger partial charge in [0.05, 0.1) is 15.2 Å². The molecule has 0 aliphatic rings. The molecule has 6 nitrogen and oxygen atoms in total. The Morgan fingerprint density at radius 1 is 0.850 bits per heavy atom. The number of pyridine rings is 1. The number of fused-ring (bicyclic) bond motifs is 1. The smallest absolute Gasteiger partial charge is 0.175 e. The Labute approximate surface area is 238 Å². The van der Waals surface area contributed by atoms with Gasteiger partial charge in [-0.25, -0.2) is 21.8 Å². The lowest BCUT2D eigenvalue weighted by atomic mass is 9.92. The van der Waals surface area contributed by atoms with Crippen molar-refractivity contribution in [2.75, 3.05) is 12.5 Å². The van der Waals surface area contributed by atoms with Crippen molar-refractivity contribution in [3.63, 3.8) is 0 Å². The minimum absolute atomic E-state index is 0.257. The van der Waals surface area contributed by atoms with Crippen LogP contribution in [0.15, 0.2) is 95.5 Å². The van der Waals surface area contributed by atoms with Crippen LogP contribution in [0.2, 0.25) is 0 Å². The highest BCUT2D eigenvalue weighted by Gasteiger charge is 2.33. The third-order valence-electron chi connectivity index (χ3n) is 7.09. The molecule has 0 spiro atoms. The van der Waals surface area contributed by atoms with E-state index in [0.717, 1.165) is 43.7 Å². The van der Waals surface area contributed by atoms with Crippen molar-refractivity contribution < 1.29 is 16.8 Å². The topological polar surface area (TPSA) is 94.1 Å². The first-order chi connectivity index (χ1) is 18.8. The summed E-state index contributed by atoms with van der Waals surface area (Å²) in [6, 6.07) is 22.4. The Balaban J connectivity index is 1.67. The zero-order valence-corrected chi connectivity index (χ0v) is 24.9. The molecule has 0 radical (unpaired) electrons. The summed E-state index contributed by atoms with van der Waals surface area (Å²) in [6.07, 6.45) is 7.95. The van der Waals surface area contributed by atoms with Crippen molar-refractivity contribution in [2.24, 2.45) is 0 Å². The van der Waals surface area contributed by atoms with Crippen LogP contribution in [0.3, 0.4) is 0 Å². The van der Waals surface area contributed by atoms with Crippen LogP contribution >= 0.6 is 11.3 Å². The molecule has 5 aromatic rings. The Bertz CT molecular complexity index is 1960. The molecule has 5 rings (SSSR count). The summed E-state index contributed by atoms with van der Waals surface area (Å²) in [6.45, 7) is 3.44.